The number of piperazine rings is 1. The largest absolute Gasteiger partial charge is 0.476 e. The van der Waals surface area contributed by atoms with Gasteiger partial charge in [-0.25, -0.2) is 4.98 Å². The Morgan fingerprint density at radius 3 is 2.54 bits per heavy atom. The fourth-order valence-corrected chi connectivity index (χ4v) is 3.22. The SMILES string of the molecule is Cc1ccc(Cl)c(OC(C)(C)C(=O)N2CCN(c3ccccn3)CC2)c1. The predicted octanol–water partition coefficient (Wildman–Crippen LogP) is 3.55. The lowest BCUT2D eigenvalue weighted by molar-refractivity contribution is -0.145. The molecule has 1 amide bonds. The zero-order chi connectivity index (χ0) is 18.7. The van der Waals surface area contributed by atoms with Crippen molar-refractivity contribution in [2.24, 2.45) is 0 Å². The number of aromatic nitrogens is 1. The number of pyridine rings is 1. The molecule has 1 aliphatic rings. The van der Waals surface area contributed by atoms with Crippen LogP contribution in [-0.4, -0.2) is 47.6 Å². The van der Waals surface area contributed by atoms with E-state index in [4.69, 9.17) is 16.3 Å². The molecule has 1 fully saturated rings. The highest BCUT2D eigenvalue weighted by atomic mass is 35.5. The Hall–Kier alpha value is -2.27. The van der Waals surface area contributed by atoms with Crippen LogP contribution in [0.1, 0.15) is 19.4 Å². The van der Waals surface area contributed by atoms with Gasteiger partial charge in [-0.05, 0) is 50.6 Å². The topological polar surface area (TPSA) is 45.7 Å². The van der Waals surface area contributed by atoms with Crippen LogP contribution < -0.4 is 9.64 Å². The average molecular weight is 374 g/mol. The first kappa shape index (κ1) is 18.5. The molecule has 1 saturated heterocycles. The minimum atomic E-state index is -0.982. The van der Waals surface area contributed by atoms with Gasteiger partial charge >= 0.3 is 0 Å². The Bertz CT molecular complexity index is 772. The molecule has 0 bridgehead atoms. The highest BCUT2D eigenvalue weighted by Gasteiger charge is 2.36. The molecule has 0 radical (unpaired) electrons. The first-order valence-electron chi connectivity index (χ1n) is 8.77. The third kappa shape index (κ3) is 4.10. The van der Waals surface area contributed by atoms with E-state index in [2.05, 4.69) is 9.88 Å². The number of amides is 1. The standard InChI is InChI=1S/C20H24ClN3O2/c1-15-7-8-16(21)17(14-15)26-20(2,3)19(25)24-12-10-23(11-13-24)18-6-4-5-9-22-18/h4-9,14H,10-13H2,1-3H3. The van der Waals surface area contributed by atoms with E-state index in [1.807, 2.05) is 42.2 Å². The number of rotatable bonds is 4. The van der Waals surface area contributed by atoms with Gasteiger partial charge in [0.25, 0.3) is 5.91 Å². The van der Waals surface area contributed by atoms with E-state index in [1.165, 1.54) is 0 Å². The molecule has 0 unspecified atom stereocenters. The number of hydrogen-bond acceptors (Lipinski definition) is 4. The smallest absolute Gasteiger partial charge is 0.266 e. The Morgan fingerprint density at radius 2 is 1.88 bits per heavy atom. The molecule has 0 spiro atoms. The Kier molecular flexibility index (Phi) is 5.37. The van der Waals surface area contributed by atoms with Gasteiger partial charge in [0, 0.05) is 32.4 Å². The van der Waals surface area contributed by atoms with Gasteiger partial charge in [-0.1, -0.05) is 23.7 Å². The summed E-state index contributed by atoms with van der Waals surface area (Å²) >= 11 is 6.22. The number of aryl methyl sites for hydroxylation is 1. The normalized spacial score (nSPS) is 15.1. The molecule has 26 heavy (non-hydrogen) atoms. The summed E-state index contributed by atoms with van der Waals surface area (Å²) in [5, 5.41) is 0.511. The molecule has 1 aromatic heterocycles. The third-order valence-electron chi connectivity index (χ3n) is 4.51. The first-order valence-corrected chi connectivity index (χ1v) is 9.15. The summed E-state index contributed by atoms with van der Waals surface area (Å²) in [7, 11) is 0. The second kappa shape index (κ2) is 7.54. The van der Waals surface area contributed by atoms with Gasteiger partial charge in [0.2, 0.25) is 0 Å². The van der Waals surface area contributed by atoms with Gasteiger partial charge in [-0.2, -0.15) is 0 Å². The number of nitrogens with zero attached hydrogens (tertiary/aromatic N) is 3. The van der Waals surface area contributed by atoms with Crippen molar-refractivity contribution in [2.75, 3.05) is 31.1 Å². The number of benzene rings is 1. The summed E-state index contributed by atoms with van der Waals surface area (Å²) in [5.41, 5.74) is 0.0570. The van der Waals surface area contributed by atoms with Crippen molar-refractivity contribution in [1.82, 2.24) is 9.88 Å². The Balaban J connectivity index is 1.64. The highest BCUT2D eigenvalue weighted by Crippen LogP contribution is 2.29. The van der Waals surface area contributed by atoms with Crippen molar-refractivity contribution in [3.63, 3.8) is 0 Å². The maximum absolute atomic E-state index is 13.0. The van der Waals surface area contributed by atoms with Crippen LogP contribution in [0.25, 0.3) is 0 Å². The number of hydrogen-bond donors (Lipinski definition) is 0. The average Bonchev–Trinajstić information content (AvgIpc) is 2.65. The Morgan fingerprint density at radius 1 is 1.15 bits per heavy atom. The van der Waals surface area contributed by atoms with Crippen LogP contribution in [0.4, 0.5) is 5.82 Å². The number of carbonyl (C=O) groups excluding carboxylic acids is 1. The monoisotopic (exact) mass is 373 g/mol. The summed E-state index contributed by atoms with van der Waals surface area (Å²) < 4.78 is 5.99. The van der Waals surface area contributed by atoms with Crippen LogP contribution in [0, 0.1) is 6.92 Å². The summed E-state index contributed by atoms with van der Waals surface area (Å²) in [6.45, 7) is 8.34. The van der Waals surface area contributed by atoms with Crippen LogP contribution in [-0.2, 0) is 4.79 Å². The number of halogens is 1. The molecule has 5 nitrogen and oxygen atoms in total. The molecule has 0 atom stereocenters. The van der Waals surface area contributed by atoms with Crippen LogP contribution in [0.5, 0.6) is 5.75 Å². The summed E-state index contributed by atoms with van der Waals surface area (Å²) in [6.07, 6.45) is 1.79. The molecule has 1 aromatic carbocycles. The molecular formula is C20H24ClN3O2. The highest BCUT2D eigenvalue weighted by molar-refractivity contribution is 6.32. The van der Waals surface area contributed by atoms with Gasteiger partial charge in [0.1, 0.15) is 11.6 Å². The van der Waals surface area contributed by atoms with E-state index in [0.717, 1.165) is 24.5 Å². The van der Waals surface area contributed by atoms with Crippen molar-refractivity contribution < 1.29 is 9.53 Å². The van der Waals surface area contributed by atoms with Gasteiger partial charge < -0.3 is 14.5 Å². The summed E-state index contributed by atoms with van der Waals surface area (Å²) in [5.74, 6) is 1.45. The number of ether oxygens (including phenoxy) is 1. The van der Waals surface area contributed by atoms with E-state index < -0.39 is 5.60 Å². The second-order valence-corrected chi connectivity index (χ2v) is 7.42. The van der Waals surface area contributed by atoms with E-state index in [-0.39, 0.29) is 5.91 Å². The molecular weight excluding hydrogens is 350 g/mol. The molecule has 2 aromatic rings. The van der Waals surface area contributed by atoms with Crippen LogP contribution in [0.2, 0.25) is 5.02 Å². The molecule has 0 aliphatic carbocycles. The maximum atomic E-state index is 13.0. The van der Waals surface area contributed by atoms with Crippen molar-refractivity contribution in [3.05, 3.63) is 53.2 Å². The molecule has 138 valence electrons. The van der Waals surface area contributed by atoms with E-state index in [1.54, 1.807) is 26.1 Å². The van der Waals surface area contributed by atoms with Crippen molar-refractivity contribution >= 4 is 23.3 Å². The third-order valence-corrected chi connectivity index (χ3v) is 4.82. The van der Waals surface area contributed by atoms with Gasteiger partial charge in [0.05, 0.1) is 5.02 Å². The number of carbonyl (C=O) groups is 1. The maximum Gasteiger partial charge on any atom is 0.266 e. The Labute approximate surface area is 159 Å². The van der Waals surface area contributed by atoms with E-state index in [0.29, 0.717) is 23.9 Å². The molecule has 6 heteroatoms. The fraction of sp³-hybridized carbons (Fsp3) is 0.400. The van der Waals surface area contributed by atoms with E-state index >= 15 is 0 Å². The van der Waals surface area contributed by atoms with E-state index in [9.17, 15) is 4.79 Å². The minimum Gasteiger partial charge on any atom is -0.476 e. The molecule has 0 saturated carbocycles. The molecule has 1 aliphatic heterocycles. The molecule has 3 rings (SSSR count). The fourth-order valence-electron chi connectivity index (χ4n) is 3.07. The van der Waals surface area contributed by atoms with Crippen molar-refractivity contribution in [1.29, 1.82) is 0 Å². The van der Waals surface area contributed by atoms with Gasteiger partial charge in [-0.15, -0.1) is 0 Å². The second-order valence-electron chi connectivity index (χ2n) is 7.01. The van der Waals surface area contributed by atoms with Crippen LogP contribution in [0.15, 0.2) is 42.6 Å². The zero-order valence-corrected chi connectivity index (χ0v) is 16.2. The lowest BCUT2D eigenvalue weighted by Crippen LogP contribution is -2.56. The lowest BCUT2D eigenvalue weighted by atomic mass is 10.1. The summed E-state index contributed by atoms with van der Waals surface area (Å²) in [6, 6.07) is 11.4. The lowest BCUT2D eigenvalue weighted by Gasteiger charge is -2.39. The first-order chi connectivity index (χ1) is 12.4. The summed E-state index contributed by atoms with van der Waals surface area (Å²) in [4.78, 5) is 21.4. The minimum absolute atomic E-state index is 0.0317. The van der Waals surface area contributed by atoms with Crippen LogP contribution >= 0.6 is 11.6 Å². The number of anilines is 1. The molecule has 2 heterocycles. The van der Waals surface area contributed by atoms with Crippen molar-refractivity contribution in [2.45, 2.75) is 26.4 Å². The van der Waals surface area contributed by atoms with Crippen molar-refractivity contribution in [3.8, 4) is 5.75 Å². The van der Waals surface area contributed by atoms with Gasteiger partial charge in [0.15, 0.2) is 5.60 Å². The predicted molar refractivity (Wildman–Crippen MR) is 104 cm³/mol. The van der Waals surface area contributed by atoms with Gasteiger partial charge in [-0.3, -0.25) is 4.79 Å². The van der Waals surface area contributed by atoms with Crippen LogP contribution in [0.3, 0.4) is 0 Å². The molecule has 0 N–H and O–H groups in total. The zero-order valence-electron chi connectivity index (χ0n) is 15.4. The quantitative estimate of drug-likeness (QED) is 0.822.